The average molecular weight is 263 g/mol. The van der Waals surface area contributed by atoms with Crippen LogP contribution < -0.4 is 5.32 Å². The molecule has 0 fully saturated rings. The molecule has 0 bridgehead atoms. The maximum atomic E-state index is 11.7. The Morgan fingerprint density at radius 1 is 1.29 bits per heavy atom. The first-order valence-electron chi connectivity index (χ1n) is 5.81. The smallest absolute Gasteiger partial charge is 0.304 e. The number of hydrogen-bond donors (Lipinski definition) is 2. The van der Waals surface area contributed by atoms with E-state index >= 15 is 0 Å². The lowest BCUT2D eigenvalue weighted by Crippen LogP contribution is -2.41. The van der Waals surface area contributed by atoms with Crippen molar-refractivity contribution < 1.29 is 18.9 Å². The highest BCUT2D eigenvalue weighted by molar-refractivity contribution is 7.86. The molecule has 0 spiro atoms. The van der Waals surface area contributed by atoms with Gasteiger partial charge in [0, 0.05) is 22.6 Å². The van der Waals surface area contributed by atoms with Crippen molar-refractivity contribution in [2.24, 2.45) is 0 Å². The van der Waals surface area contributed by atoms with Crippen LogP contribution in [-0.4, -0.2) is 38.2 Å². The van der Waals surface area contributed by atoms with Gasteiger partial charge in [-0.2, -0.15) is 0 Å². The van der Waals surface area contributed by atoms with Crippen LogP contribution in [0.15, 0.2) is 0 Å². The second-order valence-corrected chi connectivity index (χ2v) is 5.77. The van der Waals surface area contributed by atoms with Crippen LogP contribution in [0.1, 0.15) is 40.0 Å². The Morgan fingerprint density at radius 2 is 1.82 bits per heavy atom. The van der Waals surface area contributed by atoms with E-state index in [1.54, 1.807) is 6.92 Å². The Balaban J connectivity index is 4.19. The summed E-state index contributed by atoms with van der Waals surface area (Å²) in [6.07, 6.45) is 1.49. The summed E-state index contributed by atoms with van der Waals surface area (Å²) in [5.74, 6) is -1.24. The molecule has 2 atom stereocenters. The minimum atomic E-state index is -1.43. The van der Waals surface area contributed by atoms with E-state index in [0.29, 0.717) is 0 Å². The lowest BCUT2D eigenvalue weighted by Gasteiger charge is -2.17. The third kappa shape index (κ3) is 6.41. The van der Waals surface area contributed by atoms with E-state index in [-0.39, 0.29) is 24.1 Å². The lowest BCUT2D eigenvalue weighted by atomic mass is 10.2. The predicted octanol–water partition coefficient (Wildman–Crippen LogP) is 0.903. The summed E-state index contributed by atoms with van der Waals surface area (Å²) < 4.78 is 11.6. The van der Waals surface area contributed by atoms with Crippen molar-refractivity contribution in [2.75, 3.05) is 5.75 Å². The van der Waals surface area contributed by atoms with Crippen LogP contribution in [0.3, 0.4) is 0 Å². The number of hydrogen-bond acceptors (Lipinski definition) is 3. The molecule has 0 saturated carbocycles. The minimum absolute atomic E-state index is 0.0207. The number of amides is 1. The maximum absolute atomic E-state index is 11.7. The summed E-state index contributed by atoms with van der Waals surface area (Å²) in [5.41, 5.74) is 0. The molecule has 6 heteroatoms. The molecule has 2 N–H and O–H groups in total. The van der Waals surface area contributed by atoms with E-state index in [1.165, 1.54) is 0 Å². The van der Waals surface area contributed by atoms with Gasteiger partial charge in [0.15, 0.2) is 0 Å². The van der Waals surface area contributed by atoms with Gasteiger partial charge in [-0.05, 0) is 19.8 Å². The maximum Gasteiger partial charge on any atom is 0.304 e. The molecule has 17 heavy (non-hydrogen) atoms. The van der Waals surface area contributed by atoms with Crippen LogP contribution in [0.25, 0.3) is 0 Å². The van der Waals surface area contributed by atoms with Gasteiger partial charge in [-0.1, -0.05) is 13.8 Å². The molecular weight excluding hydrogens is 242 g/mol. The molecule has 1 amide bonds. The summed E-state index contributed by atoms with van der Waals surface area (Å²) in [4.78, 5) is 22.0. The van der Waals surface area contributed by atoms with Gasteiger partial charge in [0.25, 0.3) is 0 Å². The van der Waals surface area contributed by atoms with Crippen molar-refractivity contribution in [3.63, 3.8) is 0 Å². The quantitative estimate of drug-likeness (QED) is 0.681. The summed E-state index contributed by atoms with van der Waals surface area (Å²) >= 11 is 0. The zero-order valence-corrected chi connectivity index (χ0v) is 11.4. The van der Waals surface area contributed by atoms with Gasteiger partial charge in [0.05, 0.1) is 6.42 Å². The highest BCUT2D eigenvalue weighted by atomic mass is 32.2. The van der Waals surface area contributed by atoms with Crippen LogP contribution in [-0.2, 0) is 20.4 Å². The molecule has 0 aliphatic heterocycles. The molecular formula is C11H21NO4S. The van der Waals surface area contributed by atoms with Crippen molar-refractivity contribution in [3.8, 4) is 0 Å². The number of aliphatic carboxylic acids is 1. The standard InChI is InChI=1S/C11H21NO4S/c1-4-9(5-2)12-11(15)8(3)17(16)7-6-10(13)14/h8-9H,4-7H2,1-3H3,(H,12,15)(H,13,14). The minimum Gasteiger partial charge on any atom is -0.481 e. The van der Waals surface area contributed by atoms with Gasteiger partial charge in [-0.25, -0.2) is 0 Å². The van der Waals surface area contributed by atoms with Crippen LogP contribution in [0.4, 0.5) is 0 Å². The number of carboxylic acids is 1. The van der Waals surface area contributed by atoms with E-state index in [0.717, 1.165) is 12.8 Å². The van der Waals surface area contributed by atoms with Crippen molar-refractivity contribution in [2.45, 2.75) is 51.3 Å². The highest BCUT2D eigenvalue weighted by Crippen LogP contribution is 2.02. The van der Waals surface area contributed by atoms with Crippen molar-refractivity contribution in [3.05, 3.63) is 0 Å². The number of carbonyl (C=O) groups excluding carboxylic acids is 1. The van der Waals surface area contributed by atoms with Gasteiger partial charge < -0.3 is 10.4 Å². The summed E-state index contributed by atoms with van der Waals surface area (Å²) in [5, 5.41) is 10.6. The normalized spacial score (nSPS) is 14.4. The van der Waals surface area contributed by atoms with Crippen LogP contribution >= 0.6 is 0 Å². The molecule has 5 nitrogen and oxygen atoms in total. The first kappa shape index (κ1) is 16.1. The Morgan fingerprint density at radius 3 is 2.24 bits per heavy atom. The van der Waals surface area contributed by atoms with Crippen LogP contribution in [0, 0.1) is 0 Å². The first-order chi connectivity index (χ1) is 7.92. The largest absolute Gasteiger partial charge is 0.481 e. The monoisotopic (exact) mass is 263 g/mol. The fourth-order valence-electron chi connectivity index (χ4n) is 1.30. The fraction of sp³-hybridized carbons (Fsp3) is 0.818. The van der Waals surface area contributed by atoms with E-state index in [4.69, 9.17) is 5.11 Å². The molecule has 0 aromatic heterocycles. The number of nitrogens with one attached hydrogen (secondary N) is 1. The number of rotatable bonds is 8. The van der Waals surface area contributed by atoms with Gasteiger partial charge in [0.2, 0.25) is 5.91 Å². The Kier molecular flexibility index (Phi) is 7.78. The molecule has 0 heterocycles. The molecule has 0 aromatic rings. The van der Waals surface area contributed by atoms with E-state index in [2.05, 4.69) is 5.32 Å². The molecule has 100 valence electrons. The van der Waals surface area contributed by atoms with E-state index in [1.807, 2.05) is 13.8 Å². The Bertz CT molecular complexity index is 289. The van der Waals surface area contributed by atoms with Crippen LogP contribution in [0.2, 0.25) is 0 Å². The second kappa shape index (κ2) is 8.22. The molecule has 0 aromatic carbocycles. The summed E-state index contributed by atoms with van der Waals surface area (Å²) in [6.45, 7) is 5.51. The highest BCUT2D eigenvalue weighted by Gasteiger charge is 2.21. The second-order valence-electron chi connectivity index (χ2n) is 3.89. The molecule has 0 saturated heterocycles. The third-order valence-corrected chi connectivity index (χ3v) is 4.22. The molecule has 0 aliphatic carbocycles. The van der Waals surface area contributed by atoms with Gasteiger partial charge in [-0.3, -0.25) is 13.8 Å². The van der Waals surface area contributed by atoms with Gasteiger partial charge in [0.1, 0.15) is 5.25 Å². The summed E-state index contributed by atoms with van der Waals surface area (Å²) in [7, 11) is -1.43. The predicted molar refractivity (Wildman–Crippen MR) is 67.2 cm³/mol. The molecule has 2 unspecified atom stereocenters. The number of carboxylic acid groups (broad SMARTS) is 1. The first-order valence-corrected chi connectivity index (χ1v) is 7.19. The lowest BCUT2D eigenvalue weighted by molar-refractivity contribution is -0.136. The summed E-state index contributed by atoms with van der Waals surface area (Å²) in [6, 6.07) is 0.0985. The Hall–Kier alpha value is -0.910. The van der Waals surface area contributed by atoms with E-state index < -0.39 is 22.0 Å². The van der Waals surface area contributed by atoms with Crippen molar-refractivity contribution in [1.82, 2.24) is 5.32 Å². The van der Waals surface area contributed by atoms with E-state index in [9.17, 15) is 13.8 Å². The molecule has 0 aliphatic rings. The molecule has 0 rings (SSSR count). The average Bonchev–Trinajstić information content (AvgIpc) is 2.31. The third-order valence-electron chi connectivity index (χ3n) is 2.61. The molecule has 0 radical (unpaired) electrons. The van der Waals surface area contributed by atoms with Crippen LogP contribution in [0.5, 0.6) is 0 Å². The zero-order chi connectivity index (χ0) is 13.4. The number of carbonyl (C=O) groups is 2. The topological polar surface area (TPSA) is 83.5 Å². The Labute approximate surface area is 104 Å². The SMILES string of the molecule is CCC(CC)NC(=O)C(C)S(=O)CCC(=O)O. The van der Waals surface area contributed by atoms with Crippen molar-refractivity contribution in [1.29, 1.82) is 0 Å². The zero-order valence-electron chi connectivity index (χ0n) is 10.6. The van der Waals surface area contributed by atoms with Gasteiger partial charge in [-0.15, -0.1) is 0 Å². The fourth-order valence-corrected chi connectivity index (χ4v) is 2.33. The van der Waals surface area contributed by atoms with Crippen molar-refractivity contribution >= 4 is 22.7 Å². The van der Waals surface area contributed by atoms with Gasteiger partial charge >= 0.3 is 5.97 Å².